The standard InChI is InChI=1S/C28H34ClN3O/c1-5-23-25(29)18-26(30)24(6-2)27(23)31-28(33)32(17-16-20-10-8-7-9-11-20)22-14-12-21(13-15-22)19(3)4/h7-15,18-19H,5-6,16-17,30H2,1-4H3,(H,31,33). The molecule has 174 valence electrons. The lowest BCUT2D eigenvalue weighted by molar-refractivity contribution is 0.257. The molecule has 0 aromatic heterocycles. The van der Waals surface area contributed by atoms with Crippen molar-refractivity contribution in [3.63, 3.8) is 0 Å². The van der Waals surface area contributed by atoms with Crippen LogP contribution in [0.4, 0.5) is 21.9 Å². The van der Waals surface area contributed by atoms with E-state index in [1.807, 2.05) is 44.2 Å². The van der Waals surface area contributed by atoms with Gasteiger partial charge in [0.1, 0.15) is 0 Å². The lowest BCUT2D eigenvalue weighted by Gasteiger charge is -2.26. The predicted molar refractivity (Wildman–Crippen MR) is 142 cm³/mol. The van der Waals surface area contributed by atoms with Gasteiger partial charge >= 0.3 is 6.03 Å². The molecule has 0 fully saturated rings. The van der Waals surface area contributed by atoms with E-state index in [0.717, 1.165) is 28.9 Å². The molecule has 3 aromatic rings. The lowest BCUT2D eigenvalue weighted by Crippen LogP contribution is -2.37. The molecule has 2 amide bonds. The molecular formula is C28H34ClN3O. The van der Waals surface area contributed by atoms with Crippen molar-refractivity contribution in [2.45, 2.75) is 52.9 Å². The summed E-state index contributed by atoms with van der Waals surface area (Å²) in [7, 11) is 0. The number of benzene rings is 3. The largest absolute Gasteiger partial charge is 0.398 e. The van der Waals surface area contributed by atoms with Crippen molar-refractivity contribution in [2.24, 2.45) is 0 Å². The Balaban J connectivity index is 1.95. The number of urea groups is 1. The van der Waals surface area contributed by atoms with Crippen LogP contribution >= 0.6 is 11.6 Å². The van der Waals surface area contributed by atoms with Crippen molar-refractivity contribution in [3.8, 4) is 0 Å². The smallest absolute Gasteiger partial charge is 0.326 e. The molecule has 0 aliphatic rings. The van der Waals surface area contributed by atoms with Crippen LogP contribution in [-0.2, 0) is 19.3 Å². The molecule has 33 heavy (non-hydrogen) atoms. The zero-order valence-corrected chi connectivity index (χ0v) is 20.7. The summed E-state index contributed by atoms with van der Waals surface area (Å²) < 4.78 is 0. The highest BCUT2D eigenvalue weighted by atomic mass is 35.5. The second kappa shape index (κ2) is 11.2. The number of nitrogens with two attached hydrogens (primary N) is 1. The number of anilines is 3. The van der Waals surface area contributed by atoms with Crippen LogP contribution in [0.3, 0.4) is 0 Å². The van der Waals surface area contributed by atoms with Gasteiger partial charge in [-0.2, -0.15) is 0 Å². The number of rotatable bonds is 8. The summed E-state index contributed by atoms with van der Waals surface area (Å²) in [5.74, 6) is 0.430. The van der Waals surface area contributed by atoms with E-state index in [4.69, 9.17) is 17.3 Å². The predicted octanol–water partition coefficient (Wildman–Crippen LogP) is 7.45. The average Bonchev–Trinajstić information content (AvgIpc) is 2.80. The Morgan fingerprint density at radius 3 is 2.21 bits per heavy atom. The second-order valence-electron chi connectivity index (χ2n) is 8.55. The highest BCUT2D eigenvalue weighted by molar-refractivity contribution is 6.32. The van der Waals surface area contributed by atoms with E-state index in [1.54, 1.807) is 11.0 Å². The van der Waals surface area contributed by atoms with Gasteiger partial charge in [-0.05, 0) is 65.6 Å². The Labute approximate surface area is 202 Å². The van der Waals surface area contributed by atoms with Gasteiger partial charge in [0.25, 0.3) is 0 Å². The van der Waals surface area contributed by atoms with Crippen LogP contribution in [0.1, 0.15) is 55.9 Å². The molecule has 0 spiro atoms. The Kier molecular flexibility index (Phi) is 8.40. The lowest BCUT2D eigenvalue weighted by atomic mass is 10.0. The van der Waals surface area contributed by atoms with Crippen LogP contribution in [0.25, 0.3) is 0 Å². The SMILES string of the molecule is CCc1c(N)cc(Cl)c(CC)c1NC(=O)N(CCc1ccccc1)c1ccc(C(C)C)cc1. The first-order valence-corrected chi connectivity index (χ1v) is 12.1. The van der Waals surface area contributed by atoms with E-state index in [0.29, 0.717) is 36.0 Å². The van der Waals surface area contributed by atoms with Gasteiger partial charge in [0.15, 0.2) is 0 Å². The van der Waals surface area contributed by atoms with E-state index < -0.39 is 0 Å². The quantitative estimate of drug-likeness (QED) is 0.341. The molecule has 3 rings (SSSR count). The van der Waals surface area contributed by atoms with Crippen molar-refractivity contribution < 1.29 is 4.79 Å². The molecule has 0 heterocycles. The summed E-state index contributed by atoms with van der Waals surface area (Å²) in [5.41, 5.74) is 12.7. The highest BCUT2D eigenvalue weighted by Gasteiger charge is 2.21. The first kappa shape index (κ1) is 24.7. The first-order valence-electron chi connectivity index (χ1n) is 11.7. The fraction of sp³-hybridized carbons (Fsp3) is 0.321. The van der Waals surface area contributed by atoms with Gasteiger partial charge in [0.05, 0.1) is 5.69 Å². The number of nitrogen functional groups attached to an aromatic ring is 1. The highest BCUT2D eigenvalue weighted by Crippen LogP contribution is 2.34. The summed E-state index contributed by atoms with van der Waals surface area (Å²) in [6.45, 7) is 8.95. The normalized spacial score (nSPS) is 11.0. The Bertz CT molecular complexity index is 1050. The molecule has 3 aromatic carbocycles. The van der Waals surface area contributed by atoms with Gasteiger partial charge in [-0.1, -0.05) is 81.8 Å². The maximum Gasteiger partial charge on any atom is 0.326 e. The van der Waals surface area contributed by atoms with E-state index in [2.05, 4.69) is 43.4 Å². The minimum atomic E-state index is -0.186. The number of hydrogen-bond donors (Lipinski definition) is 2. The van der Waals surface area contributed by atoms with Crippen LogP contribution in [0.5, 0.6) is 0 Å². The van der Waals surface area contributed by atoms with Crippen molar-refractivity contribution >= 4 is 34.7 Å². The molecule has 3 N–H and O–H groups in total. The fourth-order valence-corrected chi connectivity index (χ4v) is 4.43. The third-order valence-electron chi connectivity index (χ3n) is 6.05. The van der Waals surface area contributed by atoms with Gasteiger partial charge in [-0.15, -0.1) is 0 Å². The Hall–Kier alpha value is -2.98. The minimum Gasteiger partial charge on any atom is -0.398 e. The molecule has 0 atom stereocenters. The molecule has 0 aliphatic carbocycles. The molecule has 0 unspecified atom stereocenters. The van der Waals surface area contributed by atoms with Crippen LogP contribution in [0.15, 0.2) is 60.7 Å². The topological polar surface area (TPSA) is 58.4 Å². The molecule has 0 saturated carbocycles. The van der Waals surface area contributed by atoms with E-state index in [9.17, 15) is 4.79 Å². The maximum atomic E-state index is 13.6. The van der Waals surface area contributed by atoms with Crippen molar-refractivity contribution in [1.29, 1.82) is 0 Å². The van der Waals surface area contributed by atoms with Gasteiger partial charge in [-0.25, -0.2) is 4.79 Å². The maximum absolute atomic E-state index is 13.6. The third kappa shape index (κ3) is 5.88. The fourth-order valence-electron chi connectivity index (χ4n) is 4.08. The summed E-state index contributed by atoms with van der Waals surface area (Å²) in [6, 6.07) is 20.0. The van der Waals surface area contributed by atoms with E-state index in [1.165, 1.54) is 11.1 Å². The molecule has 0 saturated heterocycles. The number of halogens is 1. The monoisotopic (exact) mass is 463 g/mol. The van der Waals surface area contributed by atoms with Crippen LogP contribution < -0.4 is 16.0 Å². The third-order valence-corrected chi connectivity index (χ3v) is 6.38. The summed E-state index contributed by atoms with van der Waals surface area (Å²) in [4.78, 5) is 15.4. The van der Waals surface area contributed by atoms with E-state index in [-0.39, 0.29) is 6.03 Å². The minimum absolute atomic E-state index is 0.186. The van der Waals surface area contributed by atoms with Gasteiger partial charge in [0.2, 0.25) is 0 Å². The molecular weight excluding hydrogens is 430 g/mol. The molecule has 5 heteroatoms. The van der Waals surface area contributed by atoms with Gasteiger partial charge < -0.3 is 11.1 Å². The van der Waals surface area contributed by atoms with Crippen molar-refractivity contribution in [2.75, 3.05) is 22.5 Å². The number of carbonyl (C=O) groups excluding carboxylic acids is 1. The van der Waals surface area contributed by atoms with Gasteiger partial charge in [0, 0.05) is 22.9 Å². The number of amides is 2. The van der Waals surface area contributed by atoms with Crippen LogP contribution in [-0.4, -0.2) is 12.6 Å². The van der Waals surface area contributed by atoms with Gasteiger partial charge in [-0.3, -0.25) is 4.90 Å². The van der Waals surface area contributed by atoms with Crippen LogP contribution in [0, 0.1) is 0 Å². The van der Waals surface area contributed by atoms with Crippen molar-refractivity contribution in [1.82, 2.24) is 0 Å². The molecule has 4 nitrogen and oxygen atoms in total. The number of nitrogens with zero attached hydrogens (tertiary/aromatic N) is 1. The Morgan fingerprint density at radius 1 is 1.00 bits per heavy atom. The second-order valence-corrected chi connectivity index (χ2v) is 8.96. The zero-order chi connectivity index (χ0) is 24.0. The summed E-state index contributed by atoms with van der Waals surface area (Å²) in [6.07, 6.45) is 2.16. The summed E-state index contributed by atoms with van der Waals surface area (Å²) >= 11 is 6.49. The number of nitrogens with one attached hydrogen (secondary N) is 1. The number of carbonyl (C=O) groups is 1. The molecule has 0 aliphatic heterocycles. The Morgan fingerprint density at radius 2 is 1.64 bits per heavy atom. The molecule has 0 bridgehead atoms. The van der Waals surface area contributed by atoms with Crippen molar-refractivity contribution in [3.05, 3.63) is 87.9 Å². The molecule has 0 radical (unpaired) electrons. The average molecular weight is 464 g/mol. The zero-order valence-electron chi connectivity index (χ0n) is 20.0. The number of hydrogen-bond acceptors (Lipinski definition) is 2. The van der Waals surface area contributed by atoms with Crippen LogP contribution in [0.2, 0.25) is 5.02 Å². The summed E-state index contributed by atoms with van der Waals surface area (Å²) in [5, 5.41) is 3.74. The van der Waals surface area contributed by atoms with E-state index >= 15 is 0 Å². The first-order chi connectivity index (χ1) is 15.8.